The van der Waals surface area contributed by atoms with Gasteiger partial charge in [0.1, 0.15) is 11.0 Å². The summed E-state index contributed by atoms with van der Waals surface area (Å²) in [5.74, 6) is -0.493. The third-order valence-electron chi connectivity index (χ3n) is 2.31. The van der Waals surface area contributed by atoms with E-state index in [1.54, 1.807) is 6.92 Å². The van der Waals surface area contributed by atoms with Gasteiger partial charge < -0.3 is 5.11 Å². The molecule has 0 saturated heterocycles. The zero-order valence-corrected chi connectivity index (χ0v) is 10.4. The van der Waals surface area contributed by atoms with Gasteiger partial charge in [0.15, 0.2) is 0 Å². The first kappa shape index (κ1) is 12.9. The Morgan fingerprint density at radius 2 is 2.06 bits per heavy atom. The fourth-order valence-electron chi connectivity index (χ4n) is 1.50. The highest BCUT2D eigenvalue weighted by atomic mass is 35.5. The number of aromatic nitrogens is 3. The van der Waals surface area contributed by atoms with Crippen LogP contribution in [0.5, 0.6) is 0 Å². The summed E-state index contributed by atoms with van der Waals surface area (Å²) >= 11 is 5.57. The van der Waals surface area contributed by atoms with Crippen LogP contribution in [0.1, 0.15) is 12.6 Å². The molecule has 2 rings (SSSR count). The van der Waals surface area contributed by atoms with E-state index in [-0.39, 0.29) is 10.7 Å². The summed E-state index contributed by atoms with van der Waals surface area (Å²) in [5.41, 5.74) is 1.28. The molecule has 0 radical (unpaired) electrons. The third kappa shape index (κ3) is 3.00. The average Bonchev–Trinajstić information content (AvgIpc) is 2.30. The van der Waals surface area contributed by atoms with Gasteiger partial charge in [-0.2, -0.15) is 0 Å². The maximum absolute atomic E-state index is 13.6. The first-order valence-corrected chi connectivity index (χ1v) is 5.74. The molecule has 4 nitrogen and oxygen atoms in total. The Morgan fingerprint density at radius 1 is 1.28 bits per heavy atom. The molecule has 2 heterocycles. The van der Waals surface area contributed by atoms with Crippen LogP contribution in [0.2, 0.25) is 5.15 Å². The van der Waals surface area contributed by atoms with Crippen LogP contribution in [-0.2, 0) is 6.42 Å². The van der Waals surface area contributed by atoms with Crippen molar-refractivity contribution in [3.63, 3.8) is 0 Å². The van der Waals surface area contributed by atoms with Gasteiger partial charge in [-0.1, -0.05) is 11.6 Å². The van der Waals surface area contributed by atoms with Crippen molar-refractivity contribution in [3.05, 3.63) is 41.3 Å². The van der Waals surface area contributed by atoms with Gasteiger partial charge in [0.2, 0.25) is 0 Å². The number of hydrogen-bond donors (Lipinski definition) is 1. The first-order chi connectivity index (χ1) is 8.56. The van der Waals surface area contributed by atoms with Gasteiger partial charge in [0, 0.05) is 24.9 Å². The molecular formula is C12H11ClFN3O. The standard InChI is InChI=1S/C12H11ClFN3O/c1-7(18)2-8-4-16-11(6-15-8)9-5-17-12(13)3-10(9)14/h3-7,18H,2H2,1H3. The Bertz CT molecular complexity index is 546. The molecule has 94 valence electrons. The molecule has 0 aliphatic rings. The number of halogens is 2. The predicted octanol–water partition coefficient (Wildman–Crippen LogP) is 2.25. The summed E-state index contributed by atoms with van der Waals surface area (Å²) in [4.78, 5) is 12.0. The minimum atomic E-state index is -0.493. The molecule has 18 heavy (non-hydrogen) atoms. The van der Waals surface area contributed by atoms with Crippen molar-refractivity contribution >= 4 is 11.6 Å². The second-order valence-electron chi connectivity index (χ2n) is 3.93. The van der Waals surface area contributed by atoms with Crippen molar-refractivity contribution in [3.8, 4) is 11.3 Å². The maximum Gasteiger partial charge on any atom is 0.137 e. The van der Waals surface area contributed by atoms with Crippen molar-refractivity contribution in [2.75, 3.05) is 0 Å². The molecule has 0 aromatic carbocycles. The summed E-state index contributed by atoms with van der Waals surface area (Å²) in [6.07, 6.45) is 4.20. The van der Waals surface area contributed by atoms with Gasteiger partial charge >= 0.3 is 0 Å². The molecule has 2 aromatic rings. The summed E-state index contributed by atoms with van der Waals surface area (Å²) in [6, 6.07) is 1.13. The highest BCUT2D eigenvalue weighted by Crippen LogP contribution is 2.21. The van der Waals surface area contributed by atoms with Gasteiger partial charge in [0.05, 0.1) is 29.3 Å². The summed E-state index contributed by atoms with van der Waals surface area (Å²) in [5, 5.41) is 9.31. The number of aliphatic hydroxyl groups is 1. The molecule has 2 aromatic heterocycles. The van der Waals surface area contributed by atoms with Gasteiger partial charge in [-0.05, 0) is 6.92 Å². The average molecular weight is 268 g/mol. The maximum atomic E-state index is 13.6. The number of rotatable bonds is 3. The van der Waals surface area contributed by atoms with Crippen LogP contribution in [0.25, 0.3) is 11.3 Å². The van der Waals surface area contributed by atoms with Crippen LogP contribution in [-0.4, -0.2) is 26.2 Å². The molecule has 0 fully saturated rings. The van der Waals surface area contributed by atoms with E-state index < -0.39 is 11.9 Å². The highest BCUT2D eigenvalue weighted by molar-refractivity contribution is 6.29. The Kier molecular flexibility index (Phi) is 3.84. The second-order valence-corrected chi connectivity index (χ2v) is 4.32. The summed E-state index contributed by atoms with van der Waals surface area (Å²) in [6.45, 7) is 1.67. The molecular weight excluding hydrogens is 257 g/mol. The zero-order chi connectivity index (χ0) is 13.1. The van der Waals surface area contributed by atoms with Crippen LogP contribution in [0.3, 0.4) is 0 Å². The SMILES string of the molecule is CC(O)Cc1cnc(-c2cnc(Cl)cc2F)cn1. The van der Waals surface area contributed by atoms with Gasteiger partial charge in [0.25, 0.3) is 0 Å². The van der Waals surface area contributed by atoms with Crippen LogP contribution >= 0.6 is 11.6 Å². The molecule has 0 amide bonds. The van der Waals surface area contributed by atoms with Crippen molar-refractivity contribution in [2.45, 2.75) is 19.4 Å². The fourth-order valence-corrected chi connectivity index (χ4v) is 1.64. The number of aliphatic hydroxyl groups excluding tert-OH is 1. The van der Waals surface area contributed by atoms with Crippen molar-refractivity contribution < 1.29 is 9.50 Å². The van der Waals surface area contributed by atoms with E-state index >= 15 is 0 Å². The van der Waals surface area contributed by atoms with Crippen LogP contribution in [0, 0.1) is 5.82 Å². The number of pyridine rings is 1. The number of hydrogen-bond acceptors (Lipinski definition) is 4. The second kappa shape index (κ2) is 5.37. The van der Waals surface area contributed by atoms with E-state index in [2.05, 4.69) is 15.0 Å². The largest absolute Gasteiger partial charge is 0.393 e. The molecule has 1 unspecified atom stereocenters. The van der Waals surface area contributed by atoms with Crippen molar-refractivity contribution in [1.82, 2.24) is 15.0 Å². The van der Waals surface area contributed by atoms with E-state index in [1.807, 2.05) is 0 Å². The van der Waals surface area contributed by atoms with E-state index in [4.69, 9.17) is 11.6 Å². The smallest absolute Gasteiger partial charge is 0.137 e. The molecule has 0 aliphatic carbocycles. The lowest BCUT2D eigenvalue weighted by Crippen LogP contribution is -2.06. The van der Waals surface area contributed by atoms with E-state index in [1.165, 1.54) is 18.6 Å². The van der Waals surface area contributed by atoms with E-state index in [0.717, 1.165) is 6.07 Å². The topological polar surface area (TPSA) is 58.9 Å². The lowest BCUT2D eigenvalue weighted by atomic mass is 10.2. The summed E-state index contributed by atoms with van der Waals surface area (Å²) in [7, 11) is 0. The predicted molar refractivity (Wildman–Crippen MR) is 65.6 cm³/mol. The normalized spacial score (nSPS) is 12.4. The molecule has 0 aliphatic heterocycles. The van der Waals surface area contributed by atoms with Crippen molar-refractivity contribution in [1.29, 1.82) is 0 Å². The van der Waals surface area contributed by atoms with Gasteiger partial charge in [-0.15, -0.1) is 0 Å². The molecule has 0 bridgehead atoms. The fraction of sp³-hybridized carbons (Fsp3) is 0.250. The molecule has 6 heteroatoms. The monoisotopic (exact) mass is 267 g/mol. The highest BCUT2D eigenvalue weighted by Gasteiger charge is 2.09. The Balaban J connectivity index is 2.28. The zero-order valence-electron chi connectivity index (χ0n) is 9.64. The first-order valence-electron chi connectivity index (χ1n) is 5.36. The lowest BCUT2D eigenvalue weighted by Gasteiger charge is -2.05. The third-order valence-corrected chi connectivity index (χ3v) is 2.51. The van der Waals surface area contributed by atoms with E-state index in [9.17, 15) is 9.50 Å². The van der Waals surface area contributed by atoms with E-state index in [0.29, 0.717) is 17.8 Å². The van der Waals surface area contributed by atoms with Gasteiger partial charge in [-0.25, -0.2) is 9.37 Å². The minimum Gasteiger partial charge on any atom is -0.393 e. The van der Waals surface area contributed by atoms with Crippen LogP contribution < -0.4 is 0 Å². The lowest BCUT2D eigenvalue weighted by molar-refractivity contribution is 0.194. The number of nitrogens with zero attached hydrogens (tertiary/aromatic N) is 3. The summed E-state index contributed by atoms with van der Waals surface area (Å²) < 4.78 is 13.6. The molecule has 0 spiro atoms. The van der Waals surface area contributed by atoms with Crippen LogP contribution in [0.15, 0.2) is 24.7 Å². The Morgan fingerprint density at radius 3 is 2.61 bits per heavy atom. The van der Waals surface area contributed by atoms with Gasteiger partial charge in [-0.3, -0.25) is 9.97 Å². The van der Waals surface area contributed by atoms with Crippen molar-refractivity contribution in [2.24, 2.45) is 0 Å². The van der Waals surface area contributed by atoms with Crippen LogP contribution in [0.4, 0.5) is 4.39 Å². The minimum absolute atomic E-state index is 0.0925. The molecule has 1 N–H and O–H groups in total. The molecule has 1 atom stereocenters. The quantitative estimate of drug-likeness (QED) is 0.867. The molecule has 0 saturated carbocycles. The Hall–Kier alpha value is -1.59. The Labute approximate surface area is 109 Å².